The second-order valence-electron chi connectivity index (χ2n) is 7.70. The van der Waals surface area contributed by atoms with Crippen molar-refractivity contribution < 1.29 is 4.79 Å². The van der Waals surface area contributed by atoms with Gasteiger partial charge >= 0.3 is 0 Å². The van der Waals surface area contributed by atoms with Crippen LogP contribution in [0.2, 0.25) is 0 Å². The molecule has 154 valence electrons. The van der Waals surface area contributed by atoms with Gasteiger partial charge in [0.1, 0.15) is 5.82 Å². The molecule has 0 saturated carbocycles. The van der Waals surface area contributed by atoms with Crippen molar-refractivity contribution in [1.82, 2.24) is 20.3 Å². The maximum absolute atomic E-state index is 13.8. The van der Waals surface area contributed by atoms with Crippen LogP contribution in [0, 0.1) is 0 Å². The first-order chi connectivity index (χ1) is 15.3. The Kier molecular flexibility index (Phi) is 5.37. The van der Waals surface area contributed by atoms with Crippen molar-refractivity contribution >= 4 is 22.5 Å². The van der Waals surface area contributed by atoms with E-state index in [9.17, 15) is 4.79 Å². The number of piperidine rings is 1. The molecule has 0 bridgehead atoms. The zero-order valence-corrected chi connectivity index (χ0v) is 17.1. The van der Waals surface area contributed by atoms with Crippen LogP contribution in [0.3, 0.4) is 0 Å². The van der Waals surface area contributed by atoms with Crippen LogP contribution in [0.5, 0.6) is 0 Å². The third kappa shape index (κ3) is 3.90. The monoisotopic (exact) mass is 409 g/mol. The van der Waals surface area contributed by atoms with Gasteiger partial charge in [-0.2, -0.15) is 0 Å². The van der Waals surface area contributed by atoms with Crippen LogP contribution in [-0.4, -0.2) is 40.0 Å². The predicted octanol–water partition coefficient (Wildman–Crippen LogP) is 4.09. The number of amides is 1. The fourth-order valence-electron chi connectivity index (χ4n) is 4.16. The summed E-state index contributed by atoms with van der Waals surface area (Å²) < 4.78 is 0. The Morgan fingerprint density at radius 3 is 2.61 bits per heavy atom. The third-order valence-electron chi connectivity index (χ3n) is 5.73. The second kappa shape index (κ2) is 8.62. The van der Waals surface area contributed by atoms with Gasteiger partial charge in [0.05, 0.1) is 17.9 Å². The summed E-state index contributed by atoms with van der Waals surface area (Å²) in [4.78, 5) is 28.8. The average Bonchev–Trinajstić information content (AvgIpc) is 2.86. The number of nitrogens with one attached hydrogen (secondary N) is 1. The number of carbonyl (C=O) groups excluding carboxylic acids is 1. The Morgan fingerprint density at radius 1 is 0.968 bits per heavy atom. The molecule has 1 N–H and O–H groups in total. The normalized spacial score (nSPS) is 16.2. The summed E-state index contributed by atoms with van der Waals surface area (Å²) in [5.41, 5.74) is 2.34. The first-order valence-electron chi connectivity index (χ1n) is 10.6. The number of aromatic nitrogens is 3. The molecule has 0 radical (unpaired) electrons. The van der Waals surface area contributed by atoms with Crippen LogP contribution >= 0.6 is 0 Å². The van der Waals surface area contributed by atoms with E-state index in [1.54, 1.807) is 24.8 Å². The van der Waals surface area contributed by atoms with Crippen molar-refractivity contribution in [2.24, 2.45) is 0 Å². The Balaban J connectivity index is 1.54. The van der Waals surface area contributed by atoms with E-state index in [0.29, 0.717) is 5.56 Å². The maximum Gasteiger partial charge on any atom is 0.259 e. The van der Waals surface area contributed by atoms with Crippen LogP contribution < -0.4 is 10.2 Å². The minimum absolute atomic E-state index is 0.0387. The molecule has 1 saturated heterocycles. The van der Waals surface area contributed by atoms with Crippen molar-refractivity contribution in [3.05, 3.63) is 84.9 Å². The lowest BCUT2D eigenvalue weighted by Crippen LogP contribution is -2.49. The van der Waals surface area contributed by atoms with Gasteiger partial charge in [0.2, 0.25) is 0 Å². The highest BCUT2D eigenvalue weighted by Gasteiger charge is 2.29. The smallest absolute Gasteiger partial charge is 0.259 e. The molecule has 1 atom stereocenters. The molecule has 2 aromatic carbocycles. The van der Waals surface area contributed by atoms with Crippen LogP contribution in [0.1, 0.15) is 23.2 Å². The van der Waals surface area contributed by atoms with Crippen molar-refractivity contribution in [3.8, 4) is 11.3 Å². The van der Waals surface area contributed by atoms with Gasteiger partial charge < -0.3 is 5.32 Å². The van der Waals surface area contributed by atoms with E-state index in [1.165, 1.54) is 0 Å². The fraction of sp³-hybridized carbons (Fsp3) is 0.200. The van der Waals surface area contributed by atoms with Crippen LogP contribution in [0.25, 0.3) is 22.0 Å². The SMILES string of the molecule is O=C(c1ccc(-c2cnccn2)cc1)N(c1nccc2ccccc12)[C@@H]1CCCNC1. The van der Waals surface area contributed by atoms with E-state index in [2.05, 4.69) is 26.3 Å². The summed E-state index contributed by atoms with van der Waals surface area (Å²) in [5.74, 6) is 0.679. The van der Waals surface area contributed by atoms with Gasteiger partial charge in [0.15, 0.2) is 0 Å². The molecule has 1 aliphatic rings. The summed E-state index contributed by atoms with van der Waals surface area (Å²) in [6, 6.07) is 17.7. The number of benzene rings is 2. The quantitative estimate of drug-likeness (QED) is 0.550. The maximum atomic E-state index is 13.8. The van der Waals surface area contributed by atoms with Crippen molar-refractivity contribution in [3.63, 3.8) is 0 Å². The Labute approximate surface area is 181 Å². The number of carbonyl (C=O) groups is 1. The highest BCUT2D eigenvalue weighted by atomic mass is 16.2. The van der Waals surface area contributed by atoms with Crippen LogP contribution in [0.4, 0.5) is 5.82 Å². The lowest BCUT2D eigenvalue weighted by atomic mass is 10.0. The van der Waals surface area contributed by atoms with Crippen LogP contribution in [0.15, 0.2) is 79.4 Å². The fourth-order valence-corrected chi connectivity index (χ4v) is 4.16. The number of pyridine rings is 1. The van der Waals surface area contributed by atoms with Gasteiger partial charge in [-0.1, -0.05) is 36.4 Å². The molecule has 0 unspecified atom stereocenters. The Morgan fingerprint density at radius 2 is 1.84 bits per heavy atom. The number of anilines is 1. The molecule has 2 aromatic heterocycles. The molecule has 6 nitrogen and oxygen atoms in total. The number of fused-ring (bicyclic) bond motifs is 1. The predicted molar refractivity (Wildman–Crippen MR) is 122 cm³/mol. The average molecular weight is 409 g/mol. The molecule has 5 rings (SSSR count). The summed E-state index contributed by atoms with van der Waals surface area (Å²) in [5, 5.41) is 5.50. The van der Waals surface area contributed by atoms with Crippen LogP contribution in [-0.2, 0) is 0 Å². The Hall–Kier alpha value is -3.64. The van der Waals surface area contributed by atoms with E-state index in [-0.39, 0.29) is 11.9 Å². The van der Waals surface area contributed by atoms with Gasteiger partial charge in [-0.25, -0.2) is 4.98 Å². The molecule has 4 aromatic rings. The van der Waals surface area contributed by atoms with E-state index >= 15 is 0 Å². The number of nitrogens with zero attached hydrogens (tertiary/aromatic N) is 4. The summed E-state index contributed by atoms with van der Waals surface area (Å²) in [7, 11) is 0. The zero-order valence-electron chi connectivity index (χ0n) is 17.1. The minimum Gasteiger partial charge on any atom is -0.315 e. The van der Waals surface area contributed by atoms with Gasteiger partial charge in [0, 0.05) is 41.6 Å². The highest BCUT2D eigenvalue weighted by Crippen LogP contribution is 2.29. The van der Waals surface area contributed by atoms with E-state index in [0.717, 1.165) is 53.8 Å². The van der Waals surface area contributed by atoms with Gasteiger partial charge in [-0.3, -0.25) is 19.7 Å². The first-order valence-corrected chi connectivity index (χ1v) is 10.6. The van der Waals surface area contributed by atoms with E-state index in [4.69, 9.17) is 0 Å². The van der Waals surface area contributed by atoms with Gasteiger partial charge in [-0.15, -0.1) is 0 Å². The largest absolute Gasteiger partial charge is 0.315 e. The molecule has 31 heavy (non-hydrogen) atoms. The molecule has 3 heterocycles. The zero-order chi connectivity index (χ0) is 21.0. The topological polar surface area (TPSA) is 71.0 Å². The number of rotatable bonds is 4. The summed E-state index contributed by atoms with van der Waals surface area (Å²) in [6.45, 7) is 1.74. The van der Waals surface area contributed by atoms with Gasteiger partial charge in [0.25, 0.3) is 5.91 Å². The van der Waals surface area contributed by atoms with E-state index in [1.807, 2.05) is 53.4 Å². The lowest BCUT2D eigenvalue weighted by Gasteiger charge is -2.34. The summed E-state index contributed by atoms with van der Waals surface area (Å²) >= 11 is 0. The molecule has 1 fully saturated rings. The Bertz CT molecular complexity index is 1180. The molecule has 1 aliphatic heterocycles. The molecule has 1 amide bonds. The second-order valence-corrected chi connectivity index (χ2v) is 7.70. The summed E-state index contributed by atoms with van der Waals surface area (Å²) in [6.07, 6.45) is 8.79. The third-order valence-corrected chi connectivity index (χ3v) is 5.73. The minimum atomic E-state index is -0.0387. The number of hydrogen-bond acceptors (Lipinski definition) is 5. The highest BCUT2D eigenvalue weighted by molar-refractivity contribution is 6.10. The first kappa shape index (κ1) is 19.3. The lowest BCUT2D eigenvalue weighted by molar-refractivity contribution is 0.0972. The molecule has 0 spiro atoms. The van der Waals surface area contributed by atoms with Crippen molar-refractivity contribution in [2.45, 2.75) is 18.9 Å². The molecular formula is C25H23N5O. The number of hydrogen-bond donors (Lipinski definition) is 1. The van der Waals surface area contributed by atoms with Crippen molar-refractivity contribution in [1.29, 1.82) is 0 Å². The van der Waals surface area contributed by atoms with Crippen molar-refractivity contribution in [2.75, 3.05) is 18.0 Å². The molecule has 0 aliphatic carbocycles. The van der Waals surface area contributed by atoms with E-state index < -0.39 is 0 Å². The molecular weight excluding hydrogens is 386 g/mol. The van der Waals surface area contributed by atoms with Gasteiger partial charge in [-0.05, 0) is 43.0 Å². The standard InChI is InChI=1S/C25H23N5O/c31-25(20-9-7-19(8-10-20)23-17-27-14-15-28-23)30(21-5-3-12-26-16-21)24-22-6-2-1-4-18(22)11-13-29-24/h1-2,4,6-11,13-15,17,21,26H,3,5,12,16H2/t21-/m1/s1. The molecule has 6 heteroatoms.